The molecule has 26 heavy (non-hydrogen) atoms. The van der Waals surface area contributed by atoms with Gasteiger partial charge < -0.3 is 10.0 Å². The van der Waals surface area contributed by atoms with E-state index < -0.39 is 6.10 Å². The molecular formula is C20H20FN3O2. The Hall–Kier alpha value is -2.99. The van der Waals surface area contributed by atoms with Gasteiger partial charge in [0.15, 0.2) is 0 Å². The smallest absolute Gasteiger partial charge is 0.257 e. The average molecular weight is 353 g/mol. The van der Waals surface area contributed by atoms with Crippen LogP contribution in [-0.4, -0.2) is 39.7 Å². The Bertz CT molecular complexity index is 880. The van der Waals surface area contributed by atoms with Gasteiger partial charge in [-0.05, 0) is 24.1 Å². The van der Waals surface area contributed by atoms with E-state index in [0.717, 1.165) is 5.56 Å². The quantitative estimate of drug-likeness (QED) is 0.713. The fourth-order valence-electron chi connectivity index (χ4n) is 2.78. The van der Waals surface area contributed by atoms with Crippen LogP contribution in [0.3, 0.4) is 0 Å². The molecule has 2 N–H and O–H groups in total. The minimum Gasteiger partial charge on any atom is -0.388 e. The van der Waals surface area contributed by atoms with Gasteiger partial charge in [-0.1, -0.05) is 42.5 Å². The minimum atomic E-state index is -0.640. The summed E-state index contributed by atoms with van der Waals surface area (Å²) >= 11 is 0. The van der Waals surface area contributed by atoms with E-state index in [4.69, 9.17) is 0 Å². The highest BCUT2D eigenvalue weighted by molar-refractivity contribution is 5.99. The first-order chi connectivity index (χ1) is 12.6. The van der Waals surface area contributed by atoms with Gasteiger partial charge in [0.1, 0.15) is 5.82 Å². The molecule has 1 amide bonds. The molecule has 0 unspecified atom stereocenters. The topological polar surface area (TPSA) is 69.2 Å². The molecule has 2 aromatic carbocycles. The summed E-state index contributed by atoms with van der Waals surface area (Å²) < 4.78 is 13.5. The minimum absolute atomic E-state index is 0.238. The molecule has 0 radical (unpaired) electrons. The molecule has 3 rings (SSSR count). The fraction of sp³-hybridized carbons (Fsp3) is 0.200. The molecule has 1 aromatic heterocycles. The SMILES string of the molecule is CN(CC[C@H](O)c1ccccc1)C(=O)c1cn[nH]c1-c1cccc(F)c1. The molecule has 1 heterocycles. The zero-order valence-corrected chi connectivity index (χ0v) is 14.4. The summed E-state index contributed by atoms with van der Waals surface area (Å²) in [6, 6.07) is 15.3. The van der Waals surface area contributed by atoms with E-state index in [0.29, 0.717) is 29.8 Å². The van der Waals surface area contributed by atoms with Crippen LogP contribution in [0.5, 0.6) is 0 Å². The molecule has 0 bridgehead atoms. The lowest BCUT2D eigenvalue weighted by Gasteiger charge is -2.19. The molecule has 0 fully saturated rings. The largest absolute Gasteiger partial charge is 0.388 e. The number of hydrogen-bond acceptors (Lipinski definition) is 3. The van der Waals surface area contributed by atoms with E-state index in [1.54, 1.807) is 19.2 Å². The number of hydrogen-bond donors (Lipinski definition) is 2. The van der Waals surface area contributed by atoms with Gasteiger partial charge in [-0.3, -0.25) is 9.89 Å². The van der Waals surface area contributed by atoms with Crippen molar-refractivity contribution in [1.82, 2.24) is 15.1 Å². The number of nitrogens with one attached hydrogen (secondary N) is 1. The van der Waals surface area contributed by atoms with Crippen LogP contribution in [0.1, 0.15) is 28.4 Å². The number of halogens is 1. The number of aliphatic hydroxyl groups excluding tert-OH is 1. The van der Waals surface area contributed by atoms with Gasteiger partial charge in [0.2, 0.25) is 0 Å². The number of nitrogens with zero attached hydrogens (tertiary/aromatic N) is 2. The number of carbonyl (C=O) groups is 1. The highest BCUT2D eigenvalue weighted by Gasteiger charge is 2.20. The third-order valence-electron chi connectivity index (χ3n) is 4.25. The maximum absolute atomic E-state index is 13.5. The molecule has 134 valence electrons. The Kier molecular flexibility index (Phi) is 5.43. The number of benzene rings is 2. The van der Waals surface area contributed by atoms with Gasteiger partial charge >= 0.3 is 0 Å². The highest BCUT2D eigenvalue weighted by atomic mass is 19.1. The number of H-pyrrole nitrogens is 1. The van der Waals surface area contributed by atoms with E-state index >= 15 is 0 Å². The second kappa shape index (κ2) is 7.93. The molecule has 0 aliphatic rings. The van der Waals surface area contributed by atoms with Crippen molar-refractivity contribution in [3.8, 4) is 11.3 Å². The number of aromatic nitrogens is 2. The van der Waals surface area contributed by atoms with Crippen molar-refractivity contribution in [2.45, 2.75) is 12.5 Å². The summed E-state index contributed by atoms with van der Waals surface area (Å²) in [6.45, 7) is 0.378. The lowest BCUT2D eigenvalue weighted by atomic mass is 10.1. The first-order valence-corrected chi connectivity index (χ1v) is 8.34. The van der Waals surface area contributed by atoms with E-state index in [2.05, 4.69) is 10.2 Å². The lowest BCUT2D eigenvalue weighted by Crippen LogP contribution is -2.28. The number of aromatic amines is 1. The molecule has 3 aromatic rings. The summed E-state index contributed by atoms with van der Waals surface area (Å²) in [6.07, 6.45) is 1.21. The van der Waals surface area contributed by atoms with Gasteiger partial charge in [0.05, 0.1) is 23.6 Å². The molecule has 0 saturated carbocycles. The average Bonchev–Trinajstić information content (AvgIpc) is 3.15. The van der Waals surface area contributed by atoms with Crippen molar-refractivity contribution in [3.05, 3.63) is 77.7 Å². The molecule has 0 spiro atoms. The molecular weight excluding hydrogens is 333 g/mol. The van der Waals surface area contributed by atoms with E-state index in [-0.39, 0.29) is 11.7 Å². The van der Waals surface area contributed by atoms with Gasteiger partial charge in [0.25, 0.3) is 5.91 Å². The second-order valence-corrected chi connectivity index (χ2v) is 6.11. The Morgan fingerprint density at radius 3 is 2.73 bits per heavy atom. The van der Waals surface area contributed by atoms with Crippen LogP contribution >= 0.6 is 0 Å². The molecule has 5 nitrogen and oxygen atoms in total. The maximum atomic E-state index is 13.5. The monoisotopic (exact) mass is 353 g/mol. The summed E-state index contributed by atoms with van der Waals surface area (Å²) in [5, 5.41) is 16.9. The summed E-state index contributed by atoms with van der Waals surface area (Å²) in [4.78, 5) is 14.3. The van der Waals surface area contributed by atoms with E-state index in [1.807, 2.05) is 30.3 Å². The Morgan fingerprint density at radius 2 is 2.00 bits per heavy atom. The second-order valence-electron chi connectivity index (χ2n) is 6.11. The van der Waals surface area contributed by atoms with Crippen LogP contribution in [0.15, 0.2) is 60.8 Å². The van der Waals surface area contributed by atoms with Crippen molar-refractivity contribution in [2.24, 2.45) is 0 Å². The molecule has 1 atom stereocenters. The zero-order valence-electron chi connectivity index (χ0n) is 14.4. The van der Waals surface area contributed by atoms with E-state index in [1.165, 1.54) is 23.2 Å². The Labute approximate surface area is 151 Å². The van der Waals surface area contributed by atoms with Gasteiger partial charge in [-0.2, -0.15) is 5.10 Å². The van der Waals surface area contributed by atoms with Crippen LogP contribution in [0.4, 0.5) is 4.39 Å². The highest BCUT2D eigenvalue weighted by Crippen LogP contribution is 2.23. The third kappa shape index (κ3) is 3.97. The molecule has 0 aliphatic heterocycles. The van der Waals surface area contributed by atoms with Crippen molar-refractivity contribution >= 4 is 5.91 Å². The lowest BCUT2D eigenvalue weighted by molar-refractivity contribution is 0.0762. The first-order valence-electron chi connectivity index (χ1n) is 8.34. The van der Waals surface area contributed by atoms with Crippen LogP contribution in [0, 0.1) is 5.82 Å². The van der Waals surface area contributed by atoms with Crippen molar-refractivity contribution in [2.75, 3.05) is 13.6 Å². The maximum Gasteiger partial charge on any atom is 0.257 e. The van der Waals surface area contributed by atoms with E-state index in [9.17, 15) is 14.3 Å². The molecule has 6 heteroatoms. The van der Waals surface area contributed by atoms with Gasteiger partial charge in [0, 0.05) is 19.2 Å². The summed E-state index contributed by atoms with van der Waals surface area (Å²) in [5.74, 6) is -0.617. The van der Waals surface area contributed by atoms with Gasteiger partial charge in [-0.15, -0.1) is 0 Å². The van der Waals surface area contributed by atoms with Gasteiger partial charge in [-0.25, -0.2) is 4.39 Å². The number of rotatable bonds is 6. The first kappa shape index (κ1) is 17.8. The summed E-state index contributed by atoms with van der Waals surface area (Å²) in [7, 11) is 1.67. The summed E-state index contributed by atoms with van der Waals surface area (Å²) in [5.41, 5.74) is 2.22. The number of amides is 1. The van der Waals surface area contributed by atoms with Crippen LogP contribution in [0.2, 0.25) is 0 Å². The Morgan fingerprint density at radius 1 is 1.23 bits per heavy atom. The molecule has 0 aliphatic carbocycles. The number of aliphatic hydroxyl groups is 1. The van der Waals surface area contributed by atoms with Crippen molar-refractivity contribution in [1.29, 1.82) is 0 Å². The van der Waals surface area contributed by atoms with Crippen LogP contribution in [0.25, 0.3) is 11.3 Å². The Balaban J connectivity index is 1.69. The standard InChI is InChI=1S/C20H20FN3O2/c1-24(11-10-18(25)14-6-3-2-4-7-14)20(26)17-13-22-23-19(17)15-8-5-9-16(21)12-15/h2-9,12-13,18,25H,10-11H2,1H3,(H,22,23)/t18-/m0/s1. The molecule has 0 saturated heterocycles. The predicted octanol–water partition coefficient (Wildman–Crippen LogP) is 3.41. The van der Waals surface area contributed by atoms with Crippen molar-refractivity contribution < 1.29 is 14.3 Å². The zero-order chi connectivity index (χ0) is 18.5. The fourth-order valence-corrected chi connectivity index (χ4v) is 2.78. The van der Waals surface area contributed by atoms with Crippen molar-refractivity contribution in [3.63, 3.8) is 0 Å². The van der Waals surface area contributed by atoms with Crippen LogP contribution in [-0.2, 0) is 0 Å². The predicted molar refractivity (Wildman–Crippen MR) is 97.0 cm³/mol. The van der Waals surface area contributed by atoms with Crippen LogP contribution < -0.4 is 0 Å². The normalized spacial score (nSPS) is 12.0. The number of carbonyl (C=O) groups excluding carboxylic acids is 1. The third-order valence-corrected chi connectivity index (χ3v) is 4.25.